The topological polar surface area (TPSA) is 73.8 Å². The molecule has 0 amide bonds. The van der Waals surface area contributed by atoms with Crippen molar-refractivity contribution in [2.45, 2.75) is 13.5 Å². The Morgan fingerprint density at radius 3 is 2.50 bits per heavy atom. The molecule has 0 N–H and O–H groups in total. The molecule has 8 heteroatoms. The number of halogens is 2. The van der Waals surface area contributed by atoms with E-state index in [1.54, 1.807) is 54.7 Å². The fraction of sp³-hybridized carbons (Fsp3) is 0.0833. The Labute approximate surface area is 186 Å². The zero-order valence-electron chi connectivity index (χ0n) is 16.9. The largest absolute Gasteiger partial charge is 0.333 e. The Kier molecular flexibility index (Phi) is 5.03. The van der Waals surface area contributed by atoms with Crippen LogP contribution in [0.15, 0.2) is 76.2 Å². The Bertz CT molecular complexity index is 1490. The molecular formula is C24H16ClFN4O2. The molecule has 0 atom stereocenters. The van der Waals surface area contributed by atoms with E-state index in [4.69, 9.17) is 16.1 Å². The highest BCUT2D eigenvalue weighted by atomic mass is 35.5. The van der Waals surface area contributed by atoms with Crippen LogP contribution in [0, 0.1) is 12.7 Å². The van der Waals surface area contributed by atoms with Gasteiger partial charge in [0.05, 0.1) is 5.39 Å². The number of aromatic nitrogens is 4. The highest BCUT2D eigenvalue weighted by Crippen LogP contribution is 2.24. The van der Waals surface area contributed by atoms with Gasteiger partial charge in [-0.3, -0.25) is 4.79 Å². The SMILES string of the molecule is Cc1ccc2c(=O)c(-c3nc(-c4ccc(Cl)cc4)no3)cn(Cc3ccc(F)cc3)c2n1. The molecule has 0 spiro atoms. The zero-order valence-corrected chi connectivity index (χ0v) is 17.7. The zero-order chi connectivity index (χ0) is 22.2. The van der Waals surface area contributed by atoms with Gasteiger partial charge in [0.1, 0.15) is 17.0 Å². The molecule has 6 nitrogen and oxygen atoms in total. The first kappa shape index (κ1) is 20.1. The van der Waals surface area contributed by atoms with Crippen molar-refractivity contribution in [3.63, 3.8) is 0 Å². The van der Waals surface area contributed by atoms with Crippen LogP contribution in [0.4, 0.5) is 4.39 Å². The second kappa shape index (κ2) is 8.01. The molecule has 0 unspecified atom stereocenters. The minimum Gasteiger partial charge on any atom is -0.333 e. The summed E-state index contributed by atoms with van der Waals surface area (Å²) in [4.78, 5) is 22.2. The van der Waals surface area contributed by atoms with Crippen LogP contribution in [-0.2, 0) is 6.54 Å². The normalized spacial score (nSPS) is 11.2. The highest BCUT2D eigenvalue weighted by Gasteiger charge is 2.18. The Balaban J connectivity index is 1.64. The lowest BCUT2D eigenvalue weighted by Gasteiger charge is -2.12. The van der Waals surface area contributed by atoms with Crippen molar-refractivity contribution in [3.05, 3.63) is 99.2 Å². The molecule has 0 fully saturated rings. The molecule has 0 radical (unpaired) electrons. The number of benzene rings is 2. The smallest absolute Gasteiger partial charge is 0.263 e. The summed E-state index contributed by atoms with van der Waals surface area (Å²) in [6.45, 7) is 2.25. The average molecular weight is 447 g/mol. The van der Waals surface area contributed by atoms with Crippen LogP contribution in [-0.4, -0.2) is 19.7 Å². The molecule has 5 rings (SSSR count). The average Bonchev–Trinajstić information content (AvgIpc) is 3.27. The molecule has 5 aromatic rings. The maximum atomic E-state index is 13.3. The van der Waals surface area contributed by atoms with Crippen LogP contribution in [0.1, 0.15) is 11.3 Å². The predicted octanol–water partition coefficient (Wildman–Crippen LogP) is 5.26. The lowest BCUT2D eigenvalue weighted by atomic mass is 10.1. The monoisotopic (exact) mass is 446 g/mol. The standard InChI is InChI=1S/C24H16ClFN4O2/c1-14-2-11-19-21(31)20(24-28-22(29-32-24)16-5-7-17(25)8-6-16)13-30(23(19)27-14)12-15-3-9-18(26)10-4-15/h2-11,13H,12H2,1H3. The lowest BCUT2D eigenvalue weighted by molar-refractivity contribution is 0.431. The van der Waals surface area contributed by atoms with E-state index in [1.165, 1.54) is 12.1 Å². The second-order valence-electron chi connectivity index (χ2n) is 7.38. The first-order chi connectivity index (χ1) is 15.5. The maximum Gasteiger partial charge on any atom is 0.263 e. The van der Waals surface area contributed by atoms with Gasteiger partial charge in [-0.15, -0.1) is 0 Å². The number of rotatable bonds is 4. The molecule has 0 saturated heterocycles. The van der Waals surface area contributed by atoms with Crippen LogP contribution < -0.4 is 5.43 Å². The number of hydrogen-bond acceptors (Lipinski definition) is 5. The van der Waals surface area contributed by atoms with Gasteiger partial charge in [0.2, 0.25) is 11.3 Å². The highest BCUT2D eigenvalue weighted by molar-refractivity contribution is 6.30. The van der Waals surface area contributed by atoms with Gasteiger partial charge in [0.15, 0.2) is 0 Å². The predicted molar refractivity (Wildman–Crippen MR) is 120 cm³/mol. The third-order valence-corrected chi connectivity index (χ3v) is 5.34. The van der Waals surface area contributed by atoms with E-state index in [9.17, 15) is 9.18 Å². The van der Waals surface area contributed by atoms with Gasteiger partial charge >= 0.3 is 0 Å². The first-order valence-electron chi connectivity index (χ1n) is 9.83. The summed E-state index contributed by atoms with van der Waals surface area (Å²) < 4.78 is 20.6. The third-order valence-electron chi connectivity index (χ3n) is 5.09. The van der Waals surface area contributed by atoms with E-state index in [1.807, 2.05) is 11.5 Å². The summed E-state index contributed by atoms with van der Waals surface area (Å²) in [5, 5.41) is 5.04. The van der Waals surface area contributed by atoms with Crippen LogP contribution in [0.25, 0.3) is 33.9 Å². The summed E-state index contributed by atoms with van der Waals surface area (Å²) in [7, 11) is 0. The molecule has 0 aliphatic rings. The van der Waals surface area contributed by atoms with Crippen molar-refractivity contribution in [2.24, 2.45) is 0 Å². The van der Waals surface area contributed by atoms with Gasteiger partial charge < -0.3 is 9.09 Å². The van der Waals surface area contributed by atoms with Crippen molar-refractivity contribution >= 4 is 22.6 Å². The number of pyridine rings is 2. The summed E-state index contributed by atoms with van der Waals surface area (Å²) in [5.74, 6) is 0.146. The van der Waals surface area contributed by atoms with E-state index in [0.29, 0.717) is 34.0 Å². The molecule has 0 aliphatic heterocycles. The van der Waals surface area contributed by atoms with E-state index in [0.717, 1.165) is 11.3 Å². The van der Waals surface area contributed by atoms with Crippen LogP contribution in [0.5, 0.6) is 0 Å². The molecule has 158 valence electrons. The van der Waals surface area contributed by atoms with Gasteiger partial charge in [0, 0.05) is 29.0 Å². The van der Waals surface area contributed by atoms with Crippen molar-refractivity contribution < 1.29 is 8.91 Å². The number of fused-ring (bicyclic) bond motifs is 1. The van der Waals surface area contributed by atoms with Crippen LogP contribution in [0.2, 0.25) is 5.02 Å². The van der Waals surface area contributed by atoms with Crippen LogP contribution in [0.3, 0.4) is 0 Å². The van der Waals surface area contributed by atoms with Crippen molar-refractivity contribution in [1.29, 1.82) is 0 Å². The summed E-state index contributed by atoms with van der Waals surface area (Å²) in [6, 6.07) is 16.7. The molecule has 2 aromatic carbocycles. The minimum absolute atomic E-state index is 0.107. The van der Waals surface area contributed by atoms with Gasteiger partial charge in [-0.1, -0.05) is 28.9 Å². The second-order valence-corrected chi connectivity index (χ2v) is 7.82. The molecule has 0 aliphatic carbocycles. The Hall–Kier alpha value is -3.84. The van der Waals surface area contributed by atoms with Gasteiger partial charge in [-0.2, -0.15) is 4.98 Å². The summed E-state index contributed by atoms with van der Waals surface area (Å²) in [5.41, 5.74) is 2.89. The van der Waals surface area contributed by atoms with E-state index in [-0.39, 0.29) is 22.7 Å². The molecule has 3 heterocycles. The molecule has 32 heavy (non-hydrogen) atoms. The van der Waals surface area contributed by atoms with Crippen molar-refractivity contribution in [3.8, 4) is 22.8 Å². The van der Waals surface area contributed by atoms with Gasteiger partial charge in [-0.05, 0) is 61.0 Å². The van der Waals surface area contributed by atoms with Crippen molar-refractivity contribution in [1.82, 2.24) is 19.7 Å². The molecule has 3 aromatic heterocycles. The minimum atomic E-state index is -0.311. The fourth-order valence-corrected chi connectivity index (χ4v) is 3.59. The summed E-state index contributed by atoms with van der Waals surface area (Å²) >= 11 is 5.95. The quantitative estimate of drug-likeness (QED) is 0.376. The van der Waals surface area contributed by atoms with Gasteiger partial charge in [0.25, 0.3) is 5.89 Å². The number of nitrogens with zero attached hydrogens (tertiary/aromatic N) is 4. The Morgan fingerprint density at radius 1 is 1.00 bits per heavy atom. The lowest BCUT2D eigenvalue weighted by Crippen LogP contribution is -2.14. The third kappa shape index (κ3) is 3.78. The van der Waals surface area contributed by atoms with Crippen LogP contribution >= 0.6 is 11.6 Å². The van der Waals surface area contributed by atoms with E-state index >= 15 is 0 Å². The first-order valence-corrected chi connectivity index (χ1v) is 10.2. The number of hydrogen-bond donors (Lipinski definition) is 0. The van der Waals surface area contributed by atoms with Crippen molar-refractivity contribution in [2.75, 3.05) is 0 Å². The molecule has 0 saturated carbocycles. The van der Waals surface area contributed by atoms with E-state index in [2.05, 4.69) is 15.1 Å². The summed E-state index contributed by atoms with van der Waals surface area (Å²) in [6.07, 6.45) is 1.65. The van der Waals surface area contributed by atoms with Gasteiger partial charge in [-0.25, -0.2) is 9.37 Å². The molecule has 0 bridgehead atoms. The fourth-order valence-electron chi connectivity index (χ4n) is 3.47. The molecular weight excluding hydrogens is 431 g/mol. The van der Waals surface area contributed by atoms with E-state index < -0.39 is 0 Å². The Morgan fingerprint density at radius 2 is 1.75 bits per heavy atom. The maximum absolute atomic E-state index is 13.3. The number of aryl methyl sites for hydroxylation is 1.